The van der Waals surface area contributed by atoms with Gasteiger partial charge >= 0.3 is 0 Å². The lowest BCUT2D eigenvalue weighted by Gasteiger charge is -2.27. The Kier molecular flexibility index (Phi) is 4.03. The van der Waals surface area contributed by atoms with Crippen LogP contribution in [0.3, 0.4) is 0 Å². The van der Waals surface area contributed by atoms with Crippen LogP contribution in [0.25, 0.3) is 0 Å². The van der Waals surface area contributed by atoms with Crippen molar-refractivity contribution in [3.63, 3.8) is 0 Å². The van der Waals surface area contributed by atoms with E-state index in [0.29, 0.717) is 5.92 Å². The van der Waals surface area contributed by atoms with Crippen molar-refractivity contribution < 1.29 is 4.79 Å². The predicted molar refractivity (Wildman–Crippen MR) is 84.7 cm³/mol. The second-order valence-corrected chi connectivity index (χ2v) is 6.75. The molecule has 2 aliphatic rings. The van der Waals surface area contributed by atoms with Crippen molar-refractivity contribution in [3.8, 4) is 0 Å². The second-order valence-electron chi connectivity index (χ2n) is 6.75. The van der Waals surface area contributed by atoms with Crippen LogP contribution in [-0.4, -0.2) is 23.4 Å². The molecule has 0 spiro atoms. The smallest absolute Gasteiger partial charge is 0.241 e. The molecule has 3 heteroatoms. The third kappa shape index (κ3) is 2.98. The molecule has 21 heavy (non-hydrogen) atoms. The molecule has 1 N–H and O–H groups in total. The van der Waals surface area contributed by atoms with E-state index >= 15 is 0 Å². The highest BCUT2D eigenvalue weighted by atomic mass is 16.2. The van der Waals surface area contributed by atoms with E-state index in [9.17, 15) is 4.79 Å². The van der Waals surface area contributed by atoms with Gasteiger partial charge in [-0.05, 0) is 43.6 Å². The molecule has 3 nitrogen and oxygen atoms in total. The molecule has 0 radical (unpaired) electrons. The Labute approximate surface area is 127 Å². The van der Waals surface area contributed by atoms with Crippen LogP contribution in [0.1, 0.15) is 50.4 Å². The zero-order valence-corrected chi connectivity index (χ0v) is 13.3. The molecular formula is C18H26N2O. The third-order valence-corrected chi connectivity index (χ3v) is 4.96. The molecule has 1 saturated heterocycles. The van der Waals surface area contributed by atoms with Crippen LogP contribution in [0, 0.1) is 18.8 Å². The van der Waals surface area contributed by atoms with E-state index in [2.05, 4.69) is 55.3 Å². The number of rotatable bonds is 5. The number of aryl methyl sites for hydroxylation is 1. The molecule has 3 atom stereocenters. The number of hydrogen-bond donors (Lipinski definition) is 1. The minimum absolute atomic E-state index is 0.0253. The zero-order valence-electron chi connectivity index (χ0n) is 13.3. The fraction of sp³-hybridized carbons (Fsp3) is 0.611. The Morgan fingerprint density at radius 3 is 2.52 bits per heavy atom. The van der Waals surface area contributed by atoms with Crippen molar-refractivity contribution in [2.24, 2.45) is 11.8 Å². The summed E-state index contributed by atoms with van der Waals surface area (Å²) in [6, 6.07) is 8.52. The summed E-state index contributed by atoms with van der Waals surface area (Å²) in [5.41, 5.74) is 2.46. The van der Waals surface area contributed by atoms with Gasteiger partial charge in [-0.3, -0.25) is 10.1 Å². The minimum Gasteiger partial charge on any atom is -0.321 e. The van der Waals surface area contributed by atoms with Crippen LogP contribution in [0.5, 0.6) is 0 Å². The summed E-state index contributed by atoms with van der Waals surface area (Å²) in [4.78, 5) is 14.7. The van der Waals surface area contributed by atoms with Crippen LogP contribution in [0.15, 0.2) is 24.3 Å². The molecule has 3 unspecified atom stereocenters. The van der Waals surface area contributed by atoms with E-state index in [0.717, 1.165) is 18.9 Å². The van der Waals surface area contributed by atoms with Gasteiger partial charge in [0.25, 0.3) is 0 Å². The molecule has 3 rings (SSSR count). The van der Waals surface area contributed by atoms with Crippen LogP contribution in [0.2, 0.25) is 0 Å². The number of carbonyl (C=O) groups is 1. The van der Waals surface area contributed by atoms with Crippen molar-refractivity contribution in [1.29, 1.82) is 0 Å². The molecule has 1 heterocycles. The summed E-state index contributed by atoms with van der Waals surface area (Å²) in [7, 11) is 0. The van der Waals surface area contributed by atoms with Crippen molar-refractivity contribution in [1.82, 2.24) is 10.2 Å². The molecule has 1 aliphatic heterocycles. The Balaban J connectivity index is 1.81. The Morgan fingerprint density at radius 2 is 1.95 bits per heavy atom. The maximum Gasteiger partial charge on any atom is 0.241 e. The number of benzene rings is 1. The SMILES string of the molecule is CCC1NC(c2ccc(C)cc2)N(CC(C)C2CC2)C1=O. The Morgan fingerprint density at radius 1 is 1.29 bits per heavy atom. The number of amides is 1. The quantitative estimate of drug-likeness (QED) is 0.901. The number of nitrogens with zero attached hydrogens (tertiary/aromatic N) is 1. The first-order chi connectivity index (χ1) is 10.1. The summed E-state index contributed by atoms with van der Waals surface area (Å²) in [6.45, 7) is 7.34. The fourth-order valence-corrected chi connectivity index (χ4v) is 3.32. The zero-order chi connectivity index (χ0) is 15.0. The third-order valence-electron chi connectivity index (χ3n) is 4.96. The van der Waals surface area contributed by atoms with Crippen molar-refractivity contribution in [3.05, 3.63) is 35.4 Å². The molecule has 0 aromatic heterocycles. The molecule has 114 valence electrons. The maximum atomic E-state index is 12.6. The summed E-state index contributed by atoms with van der Waals surface area (Å²) in [5.74, 6) is 1.71. The molecule has 0 bridgehead atoms. The van der Waals surface area contributed by atoms with Gasteiger partial charge in [-0.15, -0.1) is 0 Å². The highest BCUT2D eigenvalue weighted by Gasteiger charge is 2.40. The van der Waals surface area contributed by atoms with E-state index in [1.165, 1.54) is 24.0 Å². The Bertz CT molecular complexity index is 506. The summed E-state index contributed by atoms with van der Waals surface area (Å²) < 4.78 is 0. The van der Waals surface area contributed by atoms with Gasteiger partial charge in [-0.1, -0.05) is 43.7 Å². The fourth-order valence-electron chi connectivity index (χ4n) is 3.32. The molecule has 1 aromatic carbocycles. The van der Waals surface area contributed by atoms with Gasteiger partial charge in [0, 0.05) is 6.54 Å². The highest BCUT2D eigenvalue weighted by molar-refractivity contribution is 5.84. The largest absolute Gasteiger partial charge is 0.321 e. The number of hydrogen-bond acceptors (Lipinski definition) is 2. The van der Waals surface area contributed by atoms with Gasteiger partial charge < -0.3 is 4.90 Å². The predicted octanol–water partition coefficient (Wildman–Crippen LogP) is 3.25. The van der Waals surface area contributed by atoms with Crippen LogP contribution >= 0.6 is 0 Å². The first kappa shape index (κ1) is 14.6. The molecule has 1 saturated carbocycles. The highest BCUT2D eigenvalue weighted by Crippen LogP contribution is 2.38. The lowest BCUT2D eigenvalue weighted by molar-refractivity contribution is -0.130. The molecule has 1 aromatic rings. The number of carbonyl (C=O) groups excluding carboxylic acids is 1. The van der Waals surface area contributed by atoms with Gasteiger partial charge in [0.2, 0.25) is 5.91 Å². The van der Waals surface area contributed by atoms with Gasteiger partial charge in [0.05, 0.1) is 6.04 Å². The van der Waals surface area contributed by atoms with E-state index in [1.807, 2.05) is 0 Å². The maximum absolute atomic E-state index is 12.6. The molecular weight excluding hydrogens is 260 g/mol. The van der Waals surface area contributed by atoms with Crippen LogP contribution in [0.4, 0.5) is 0 Å². The molecule has 2 fully saturated rings. The summed E-state index contributed by atoms with van der Waals surface area (Å²) in [5, 5.41) is 3.52. The first-order valence-corrected chi connectivity index (χ1v) is 8.23. The van der Waals surface area contributed by atoms with Crippen molar-refractivity contribution >= 4 is 5.91 Å². The van der Waals surface area contributed by atoms with Crippen LogP contribution < -0.4 is 5.32 Å². The van der Waals surface area contributed by atoms with E-state index in [4.69, 9.17) is 0 Å². The van der Waals surface area contributed by atoms with Gasteiger partial charge in [-0.2, -0.15) is 0 Å². The van der Waals surface area contributed by atoms with Crippen molar-refractivity contribution in [2.45, 2.75) is 52.2 Å². The van der Waals surface area contributed by atoms with E-state index in [1.54, 1.807) is 0 Å². The number of nitrogens with one attached hydrogen (secondary N) is 1. The summed E-state index contributed by atoms with van der Waals surface area (Å²) in [6.07, 6.45) is 3.57. The minimum atomic E-state index is -0.0253. The normalized spacial score (nSPS) is 27.2. The van der Waals surface area contributed by atoms with Crippen LogP contribution in [-0.2, 0) is 4.79 Å². The average molecular weight is 286 g/mol. The Hall–Kier alpha value is -1.35. The standard InChI is InChI=1S/C18H26N2O/c1-4-16-18(21)20(11-13(3)14-9-10-14)17(19-16)15-7-5-12(2)6-8-15/h5-8,13-14,16-17,19H,4,9-11H2,1-3H3. The van der Waals surface area contributed by atoms with Gasteiger partial charge in [0.1, 0.15) is 6.17 Å². The van der Waals surface area contributed by atoms with Gasteiger partial charge in [0.15, 0.2) is 0 Å². The van der Waals surface area contributed by atoms with Crippen molar-refractivity contribution in [2.75, 3.05) is 6.54 Å². The van der Waals surface area contributed by atoms with E-state index < -0.39 is 0 Å². The van der Waals surface area contributed by atoms with Gasteiger partial charge in [-0.25, -0.2) is 0 Å². The first-order valence-electron chi connectivity index (χ1n) is 8.23. The lowest BCUT2D eigenvalue weighted by atomic mass is 10.0. The topological polar surface area (TPSA) is 32.3 Å². The summed E-state index contributed by atoms with van der Waals surface area (Å²) >= 11 is 0. The average Bonchev–Trinajstić information content (AvgIpc) is 3.28. The molecule has 1 aliphatic carbocycles. The second kappa shape index (κ2) is 5.80. The monoisotopic (exact) mass is 286 g/mol. The lowest BCUT2D eigenvalue weighted by Crippen LogP contribution is -2.35. The molecule has 1 amide bonds. The van der Waals surface area contributed by atoms with E-state index in [-0.39, 0.29) is 18.1 Å².